The molecule has 3 aromatic rings. The van der Waals surface area contributed by atoms with E-state index in [1.165, 1.54) is 0 Å². The summed E-state index contributed by atoms with van der Waals surface area (Å²) < 4.78 is 6.10. The van der Waals surface area contributed by atoms with Crippen LogP contribution >= 0.6 is 15.9 Å². The van der Waals surface area contributed by atoms with Gasteiger partial charge in [-0.05, 0) is 39.7 Å². The molecular weight excluding hydrogens is 356 g/mol. The van der Waals surface area contributed by atoms with Crippen molar-refractivity contribution in [3.05, 3.63) is 53.0 Å². The zero-order chi connectivity index (χ0) is 16.4. The Morgan fingerprint density at radius 1 is 0.957 bits per heavy atom. The summed E-state index contributed by atoms with van der Waals surface area (Å²) in [4.78, 5) is 8.24. The number of halogens is 1. The molecule has 1 heterocycles. The second-order valence-corrected chi connectivity index (χ2v) is 5.70. The molecule has 116 valence electrons. The number of aromatic nitrogens is 2. The molecule has 0 aliphatic heterocycles. The average molecular weight is 371 g/mol. The summed E-state index contributed by atoms with van der Waals surface area (Å²) in [5.41, 5.74) is 15.1. The van der Waals surface area contributed by atoms with Crippen molar-refractivity contribution >= 4 is 27.7 Å². The topological polar surface area (TPSA) is 87.0 Å². The summed E-state index contributed by atoms with van der Waals surface area (Å²) in [7, 11) is 1.65. The molecule has 0 aliphatic carbocycles. The van der Waals surface area contributed by atoms with E-state index in [2.05, 4.69) is 25.9 Å². The van der Waals surface area contributed by atoms with Gasteiger partial charge in [-0.3, -0.25) is 0 Å². The van der Waals surface area contributed by atoms with Crippen molar-refractivity contribution in [2.24, 2.45) is 0 Å². The molecule has 0 atom stereocenters. The standard InChI is InChI=1S/C17H15BrN4O/c1-23-13-8-7-11(9-12(13)10-5-3-2-4-6-10)15-14(18)16(19)22-17(20)21-15/h2-9H,1H3,(H4,19,20,21,22). The van der Waals surface area contributed by atoms with Gasteiger partial charge in [0.1, 0.15) is 11.6 Å². The van der Waals surface area contributed by atoms with Gasteiger partial charge in [0.2, 0.25) is 5.95 Å². The third-order valence-electron chi connectivity index (χ3n) is 3.45. The Kier molecular flexibility index (Phi) is 4.16. The smallest absolute Gasteiger partial charge is 0.222 e. The lowest BCUT2D eigenvalue weighted by Crippen LogP contribution is -2.02. The fourth-order valence-electron chi connectivity index (χ4n) is 2.37. The van der Waals surface area contributed by atoms with Gasteiger partial charge >= 0.3 is 0 Å². The van der Waals surface area contributed by atoms with E-state index in [1.54, 1.807) is 7.11 Å². The summed E-state index contributed by atoms with van der Waals surface area (Å²) in [6.45, 7) is 0. The van der Waals surface area contributed by atoms with Crippen LogP contribution in [0.25, 0.3) is 22.4 Å². The first-order valence-corrected chi connectivity index (χ1v) is 7.71. The summed E-state index contributed by atoms with van der Waals surface area (Å²) in [5, 5.41) is 0. The van der Waals surface area contributed by atoms with Crippen molar-refractivity contribution in [2.45, 2.75) is 0 Å². The monoisotopic (exact) mass is 370 g/mol. The Hall–Kier alpha value is -2.60. The molecule has 23 heavy (non-hydrogen) atoms. The lowest BCUT2D eigenvalue weighted by Gasteiger charge is -2.12. The van der Waals surface area contributed by atoms with Crippen molar-refractivity contribution in [2.75, 3.05) is 18.6 Å². The van der Waals surface area contributed by atoms with E-state index in [1.807, 2.05) is 48.5 Å². The van der Waals surface area contributed by atoms with Crippen LogP contribution in [0.2, 0.25) is 0 Å². The highest BCUT2D eigenvalue weighted by Crippen LogP contribution is 2.37. The molecule has 0 aliphatic rings. The largest absolute Gasteiger partial charge is 0.496 e. The minimum atomic E-state index is 0.137. The highest BCUT2D eigenvalue weighted by atomic mass is 79.9. The van der Waals surface area contributed by atoms with Crippen LogP contribution in [0.5, 0.6) is 5.75 Å². The Labute approximate surface area is 142 Å². The molecule has 3 rings (SSSR count). The van der Waals surface area contributed by atoms with Crippen molar-refractivity contribution < 1.29 is 4.74 Å². The summed E-state index contributed by atoms with van der Waals surface area (Å²) >= 11 is 3.43. The number of rotatable bonds is 3. The predicted molar refractivity (Wildman–Crippen MR) is 96.0 cm³/mol. The normalized spacial score (nSPS) is 10.5. The van der Waals surface area contributed by atoms with Crippen LogP contribution in [0.3, 0.4) is 0 Å². The highest BCUT2D eigenvalue weighted by Gasteiger charge is 2.14. The zero-order valence-corrected chi connectivity index (χ0v) is 14.0. The first kappa shape index (κ1) is 15.3. The molecule has 0 amide bonds. The van der Waals surface area contributed by atoms with Crippen LogP contribution in [0.4, 0.5) is 11.8 Å². The average Bonchev–Trinajstić information content (AvgIpc) is 2.58. The third-order valence-corrected chi connectivity index (χ3v) is 4.23. The van der Waals surface area contributed by atoms with E-state index in [4.69, 9.17) is 16.2 Å². The highest BCUT2D eigenvalue weighted by molar-refractivity contribution is 9.10. The Balaban J connectivity index is 2.20. The third kappa shape index (κ3) is 2.98. The molecule has 0 spiro atoms. The van der Waals surface area contributed by atoms with E-state index < -0.39 is 0 Å². The van der Waals surface area contributed by atoms with Gasteiger partial charge < -0.3 is 16.2 Å². The zero-order valence-electron chi connectivity index (χ0n) is 12.5. The van der Waals surface area contributed by atoms with E-state index in [0.717, 1.165) is 22.4 Å². The van der Waals surface area contributed by atoms with Crippen LogP contribution in [0, 0.1) is 0 Å². The number of nitrogens with zero attached hydrogens (tertiary/aromatic N) is 2. The van der Waals surface area contributed by atoms with Crippen LogP contribution < -0.4 is 16.2 Å². The Morgan fingerprint density at radius 2 is 1.70 bits per heavy atom. The van der Waals surface area contributed by atoms with E-state index in [-0.39, 0.29) is 5.95 Å². The van der Waals surface area contributed by atoms with Gasteiger partial charge in [0.25, 0.3) is 0 Å². The molecule has 0 fully saturated rings. The molecule has 0 bridgehead atoms. The van der Waals surface area contributed by atoms with Crippen LogP contribution in [0.15, 0.2) is 53.0 Å². The number of hydrogen-bond donors (Lipinski definition) is 2. The van der Waals surface area contributed by atoms with Crippen LogP contribution in [-0.4, -0.2) is 17.1 Å². The summed E-state index contributed by atoms with van der Waals surface area (Å²) in [6, 6.07) is 15.8. The van der Waals surface area contributed by atoms with Crippen molar-refractivity contribution in [3.8, 4) is 28.1 Å². The van der Waals surface area contributed by atoms with Gasteiger partial charge in [0, 0.05) is 11.1 Å². The molecule has 0 saturated heterocycles. The SMILES string of the molecule is COc1ccc(-c2nc(N)nc(N)c2Br)cc1-c1ccccc1. The van der Waals surface area contributed by atoms with Crippen LogP contribution in [-0.2, 0) is 0 Å². The molecule has 0 unspecified atom stereocenters. The molecule has 5 nitrogen and oxygen atoms in total. The predicted octanol–water partition coefficient (Wildman–Crippen LogP) is 3.75. The first-order valence-electron chi connectivity index (χ1n) is 6.92. The quantitative estimate of drug-likeness (QED) is 0.732. The number of nitrogen functional groups attached to an aromatic ring is 2. The van der Waals surface area contributed by atoms with Crippen molar-refractivity contribution in [1.82, 2.24) is 9.97 Å². The lowest BCUT2D eigenvalue weighted by atomic mass is 10.0. The lowest BCUT2D eigenvalue weighted by molar-refractivity contribution is 0.416. The summed E-state index contributed by atoms with van der Waals surface area (Å²) in [6.07, 6.45) is 0. The number of anilines is 2. The second kappa shape index (κ2) is 6.26. The number of methoxy groups -OCH3 is 1. The van der Waals surface area contributed by atoms with E-state index in [0.29, 0.717) is 16.0 Å². The number of nitrogens with two attached hydrogens (primary N) is 2. The molecular formula is C17H15BrN4O. The van der Waals surface area contributed by atoms with Gasteiger partial charge in [0.15, 0.2) is 0 Å². The number of benzene rings is 2. The molecule has 1 aromatic heterocycles. The molecule has 2 aromatic carbocycles. The minimum absolute atomic E-state index is 0.137. The van der Waals surface area contributed by atoms with Gasteiger partial charge in [-0.25, -0.2) is 4.98 Å². The van der Waals surface area contributed by atoms with Gasteiger partial charge in [0.05, 0.1) is 17.3 Å². The maximum absolute atomic E-state index is 5.86. The molecule has 4 N–H and O–H groups in total. The van der Waals surface area contributed by atoms with Gasteiger partial charge in [-0.2, -0.15) is 4.98 Å². The summed E-state index contributed by atoms with van der Waals surface area (Å²) in [5.74, 6) is 1.23. The molecule has 0 saturated carbocycles. The Bertz CT molecular complexity index is 853. The van der Waals surface area contributed by atoms with Crippen molar-refractivity contribution in [1.29, 1.82) is 0 Å². The Morgan fingerprint density at radius 3 is 2.39 bits per heavy atom. The van der Waals surface area contributed by atoms with Crippen molar-refractivity contribution in [3.63, 3.8) is 0 Å². The fourth-order valence-corrected chi connectivity index (χ4v) is 2.78. The van der Waals surface area contributed by atoms with Gasteiger partial charge in [-0.15, -0.1) is 0 Å². The maximum atomic E-state index is 5.86. The van der Waals surface area contributed by atoms with Crippen LogP contribution in [0.1, 0.15) is 0 Å². The van der Waals surface area contributed by atoms with Gasteiger partial charge in [-0.1, -0.05) is 30.3 Å². The first-order chi connectivity index (χ1) is 11.1. The molecule has 6 heteroatoms. The molecule has 0 radical (unpaired) electrons. The minimum Gasteiger partial charge on any atom is -0.496 e. The second-order valence-electron chi connectivity index (χ2n) is 4.91. The number of hydrogen-bond acceptors (Lipinski definition) is 5. The van der Waals surface area contributed by atoms with E-state index >= 15 is 0 Å². The van der Waals surface area contributed by atoms with E-state index in [9.17, 15) is 0 Å². The number of ether oxygens (including phenoxy) is 1. The fraction of sp³-hybridized carbons (Fsp3) is 0.0588. The maximum Gasteiger partial charge on any atom is 0.222 e.